The summed E-state index contributed by atoms with van der Waals surface area (Å²) in [5.74, 6) is -0.480. The molecular formula is C23H27ClN2O7S. The highest BCUT2D eigenvalue weighted by Crippen LogP contribution is 2.28. The molecule has 0 saturated carbocycles. The van der Waals surface area contributed by atoms with E-state index in [0.717, 1.165) is 12.8 Å². The summed E-state index contributed by atoms with van der Waals surface area (Å²) in [5, 5.41) is 2.94. The molecule has 0 aromatic heterocycles. The van der Waals surface area contributed by atoms with Crippen molar-refractivity contribution in [3.05, 3.63) is 53.1 Å². The van der Waals surface area contributed by atoms with Gasteiger partial charge in [0.1, 0.15) is 17.3 Å². The molecule has 184 valence electrons. The number of amides is 2. The van der Waals surface area contributed by atoms with Crippen LogP contribution < -0.4 is 9.50 Å². The van der Waals surface area contributed by atoms with Gasteiger partial charge in [-0.15, -0.1) is 0 Å². The minimum atomic E-state index is -4.19. The Morgan fingerprint density at radius 3 is 2.56 bits per heavy atom. The van der Waals surface area contributed by atoms with Crippen LogP contribution in [0.1, 0.15) is 25.3 Å². The number of nitrogens with zero attached hydrogens (tertiary/aromatic N) is 1. The van der Waals surface area contributed by atoms with Crippen LogP contribution in [0.15, 0.2) is 47.4 Å². The summed E-state index contributed by atoms with van der Waals surface area (Å²) in [6, 6.07) is 10.1. The molecule has 3 rings (SSSR count). The predicted octanol–water partition coefficient (Wildman–Crippen LogP) is 3.22. The molecule has 9 nitrogen and oxygen atoms in total. The van der Waals surface area contributed by atoms with Gasteiger partial charge < -0.3 is 23.9 Å². The van der Waals surface area contributed by atoms with Gasteiger partial charge in [0.2, 0.25) is 11.8 Å². The quantitative estimate of drug-likeness (QED) is 0.488. The standard InChI is InChI=1S/C23H27ClN2O7S/c1-16(27)25-19-6-8-21(9-7-19)34(29,30)33-22-10-5-18(24)12-17(22)13-26(23(28)15-31-2)14-20-4-3-11-32-20/h5-10,12,20H,3-4,11,13-15H2,1-2H3,(H,25,27). The zero-order valence-electron chi connectivity index (χ0n) is 19.0. The highest BCUT2D eigenvalue weighted by Gasteiger charge is 2.25. The summed E-state index contributed by atoms with van der Waals surface area (Å²) in [7, 11) is -2.76. The molecular weight excluding hydrogens is 484 g/mol. The maximum atomic E-state index is 12.9. The zero-order chi connectivity index (χ0) is 24.7. The minimum Gasteiger partial charge on any atom is -0.379 e. The van der Waals surface area contributed by atoms with Gasteiger partial charge >= 0.3 is 10.1 Å². The summed E-state index contributed by atoms with van der Waals surface area (Å²) in [4.78, 5) is 25.3. The van der Waals surface area contributed by atoms with Gasteiger partial charge in [0.15, 0.2) is 0 Å². The van der Waals surface area contributed by atoms with E-state index in [0.29, 0.717) is 29.4 Å². The fourth-order valence-corrected chi connectivity index (χ4v) is 4.70. The van der Waals surface area contributed by atoms with E-state index in [1.165, 1.54) is 50.4 Å². The SMILES string of the molecule is COCC(=O)N(Cc1cc(Cl)ccc1OS(=O)(=O)c1ccc(NC(C)=O)cc1)CC1CCCO1. The average Bonchev–Trinajstić information content (AvgIpc) is 3.28. The number of carbonyl (C=O) groups is 2. The van der Waals surface area contributed by atoms with Crippen molar-refractivity contribution >= 4 is 39.2 Å². The Bertz CT molecular complexity index is 1120. The summed E-state index contributed by atoms with van der Waals surface area (Å²) < 4.78 is 41.9. The number of halogens is 1. The third-order valence-corrected chi connectivity index (χ3v) is 6.60. The number of hydrogen-bond donors (Lipinski definition) is 1. The first-order valence-corrected chi connectivity index (χ1v) is 12.5. The van der Waals surface area contributed by atoms with Crippen LogP contribution in [0.4, 0.5) is 5.69 Å². The number of ether oxygens (including phenoxy) is 2. The molecule has 1 fully saturated rings. The largest absolute Gasteiger partial charge is 0.379 e. The number of nitrogens with one attached hydrogen (secondary N) is 1. The average molecular weight is 511 g/mol. The van der Waals surface area contributed by atoms with Crippen molar-refractivity contribution in [3.63, 3.8) is 0 Å². The molecule has 1 aliphatic heterocycles. The zero-order valence-corrected chi connectivity index (χ0v) is 20.5. The van der Waals surface area contributed by atoms with E-state index in [4.69, 9.17) is 25.3 Å². The lowest BCUT2D eigenvalue weighted by atomic mass is 10.1. The van der Waals surface area contributed by atoms with Gasteiger partial charge in [0, 0.05) is 50.0 Å². The Labute approximate surface area is 204 Å². The van der Waals surface area contributed by atoms with E-state index in [9.17, 15) is 18.0 Å². The Kier molecular flexibility index (Phi) is 8.90. The van der Waals surface area contributed by atoms with Crippen LogP contribution in [0.5, 0.6) is 5.75 Å². The van der Waals surface area contributed by atoms with Crippen LogP contribution in [0.2, 0.25) is 5.02 Å². The van der Waals surface area contributed by atoms with Gasteiger partial charge in [-0.05, 0) is 55.3 Å². The molecule has 1 saturated heterocycles. The monoisotopic (exact) mass is 510 g/mol. The van der Waals surface area contributed by atoms with E-state index in [-0.39, 0.29) is 41.7 Å². The highest BCUT2D eigenvalue weighted by molar-refractivity contribution is 7.87. The van der Waals surface area contributed by atoms with Crippen LogP contribution in [-0.2, 0) is 35.7 Å². The second-order valence-corrected chi connectivity index (χ2v) is 9.82. The van der Waals surface area contributed by atoms with Crippen molar-refractivity contribution in [2.24, 2.45) is 0 Å². The Morgan fingerprint density at radius 2 is 1.94 bits per heavy atom. The minimum absolute atomic E-state index is 0.0536. The molecule has 0 radical (unpaired) electrons. The third kappa shape index (κ3) is 7.17. The Hall–Kier alpha value is -2.66. The molecule has 1 N–H and O–H groups in total. The van der Waals surface area contributed by atoms with Crippen molar-refractivity contribution < 1.29 is 31.7 Å². The van der Waals surface area contributed by atoms with Crippen molar-refractivity contribution in [1.82, 2.24) is 4.90 Å². The first-order chi connectivity index (χ1) is 16.2. The molecule has 1 atom stereocenters. The van der Waals surface area contributed by atoms with E-state index in [1.54, 1.807) is 11.0 Å². The topological polar surface area (TPSA) is 111 Å². The highest BCUT2D eigenvalue weighted by atomic mass is 35.5. The van der Waals surface area contributed by atoms with Gasteiger partial charge in [-0.3, -0.25) is 9.59 Å². The summed E-state index contributed by atoms with van der Waals surface area (Å²) >= 11 is 6.17. The fraction of sp³-hybridized carbons (Fsp3) is 0.391. The van der Waals surface area contributed by atoms with Crippen molar-refractivity contribution in [2.75, 3.05) is 32.2 Å². The number of hydrogen-bond acceptors (Lipinski definition) is 7. The predicted molar refractivity (Wildman–Crippen MR) is 126 cm³/mol. The number of rotatable bonds is 10. The maximum Gasteiger partial charge on any atom is 0.339 e. The lowest BCUT2D eigenvalue weighted by Gasteiger charge is -2.26. The van der Waals surface area contributed by atoms with E-state index in [2.05, 4.69) is 5.32 Å². The first-order valence-electron chi connectivity index (χ1n) is 10.7. The van der Waals surface area contributed by atoms with E-state index >= 15 is 0 Å². The van der Waals surface area contributed by atoms with Crippen LogP contribution in [0.25, 0.3) is 0 Å². The number of methoxy groups -OCH3 is 1. The number of carbonyl (C=O) groups excluding carboxylic acids is 2. The second kappa shape index (κ2) is 11.7. The maximum absolute atomic E-state index is 12.9. The third-order valence-electron chi connectivity index (χ3n) is 5.12. The van der Waals surface area contributed by atoms with Crippen molar-refractivity contribution in [2.45, 2.75) is 37.3 Å². The molecule has 0 bridgehead atoms. The van der Waals surface area contributed by atoms with Gasteiger partial charge in [-0.25, -0.2) is 0 Å². The lowest BCUT2D eigenvalue weighted by Crippen LogP contribution is -2.39. The fourth-order valence-electron chi connectivity index (χ4n) is 3.54. The molecule has 1 heterocycles. The van der Waals surface area contributed by atoms with Gasteiger partial charge in [0.25, 0.3) is 0 Å². The van der Waals surface area contributed by atoms with E-state index < -0.39 is 10.1 Å². The Balaban J connectivity index is 1.83. The number of anilines is 1. The van der Waals surface area contributed by atoms with Crippen molar-refractivity contribution in [3.8, 4) is 5.75 Å². The first kappa shape index (κ1) is 26.0. The smallest absolute Gasteiger partial charge is 0.339 e. The van der Waals surface area contributed by atoms with Gasteiger partial charge in [0.05, 0.1) is 6.10 Å². The molecule has 0 spiro atoms. The molecule has 2 aromatic rings. The molecule has 0 aliphatic carbocycles. The lowest BCUT2D eigenvalue weighted by molar-refractivity contribution is -0.137. The molecule has 11 heteroatoms. The van der Waals surface area contributed by atoms with Crippen molar-refractivity contribution in [1.29, 1.82) is 0 Å². The molecule has 1 unspecified atom stereocenters. The van der Waals surface area contributed by atoms with E-state index in [1.807, 2.05) is 0 Å². The van der Waals surface area contributed by atoms with Crippen LogP contribution in [0, 0.1) is 0 Å². The number of benzene rings is 2. The molecule has 2 aromatic carbocycles. The van der Waals surface area contributed by atoms with Crippen LogP contribution in [-0.4, -0.2) is 58.1 Å². The molecule has 34 heavy (non-hydrogen) atoms. The molecule has 2 amide bonds. The normalized spacial score (nSPS) is 15.7. The summed E-state index contributed by atoms with van der Waals surface area (Å²) in [6.45, 7) is 2.28. The van der Waals surface area contributed by atoms with Gasteiger partial charge in [-0.2, -0.15) is 8.42 Å². The summed E-state index contributed by atoms with van der Waals surface area (Å²) in [5.41, 5.74) is 0.883. The van der Waals surface area contributed by atoms with Crippen LogP contribution >= 0.6 is 11.6 Å². The van der Waals surface area contributed by atoms with Crippen LogP contribution in [0.3, 0.4) is 0 Å². The Morgan fingerprint density at radius 1 is 1.21 bits per heavy atom. The summed E-state index contributed by atoms with van der Waals surface area (Å²) in [6.07, 6.45) is 1.65. The second-order valence-electron chi connectivity index (χ2n) is 7.84. The van der Waals surface area contributed by atoms with Gasteiger partial charge in [-0.1, -0.05) is 11.6 Å². The molecule has 1 aliphatic rings.